The Hall–Kier alpha value is -0.720. The van der Waals surface area contributed by atoms with Gasteiger partial charge in [-0.25, -0.2) is 0 Å². The lowest BCUT2D eigenvalue weighted by molar-refractivity contribution is -0.200. The summed E-state index contributed by atoms with van der Waals surface area (Å²) in [6.07, 6.45) is 2.77. The largest absolute Gasteiger partial charge is 0.380 e. The first kappa shape index (κ1) is 15.7. The number of hydrogen-bond donors (Lipinski definition) is 0. The molecule has 5 nitrogen and oxygen atoms in total. The van der Waals surface area contributed by atoms with Crippen LogP contribution < -0.4 is 0 Å². The summed E-state index contributed by atoms with van der Waals surface area (Å²) in [5.41, 5.74) is 3.35. The van der Waals surface area contributed by atoms with Gasteiger partial charge in [-0.15, -0.1) is 0 Å². The fourth-order valence-electron chi connectivity index (χ4n) is 2.60. The van der Waals surface area contributed by atoms with E-state index in [4.69, 9.17) is 23.7 Å². The van der Waals surface area contributed by atoms with Crippen LogP contribution in [0.15, 0.2) is 22.8 Å². The maximum absolute atomic E-state index is 5.77. The Kier molecular flexibility index (Phi) is 4.66. The molecule has 0 aromatic carbocycles. The van der Waals surface area contributed by atoms with Crippen LogP contribution in [-0.4, -0.2) is 52.7 Å². The van der Waals surface area contributed by atoms with Crippen LogP contribution in [-0.2, 0) is 23.7 Å². The number of rotatable bonds is 5. The Balaban J connectivity index is 2.23. The van der Waals surface area contributed by atoms with Crippen molar-refractivity contribution in [3.63, 3.8) is 0 Å². The lowest BCUT2D eigenvalue weighted by Crippen LogP contribution is -2.47. The van der Waals surface area contributed by atoms with Crippen LogP contribution >= 0.6 is 0 Å². The van der Waals surface area contributed by atoms with Crippen LogP contribution in [0.2, 0.25) is 0 Å². The van der Waals surface area contributed by atoms with E-state index < -0.39 is 11.6 Å². The van der Waals surface area contributed by atoms with E-state index in [1.165, 1.54) is 5.57 Å². The Morgan fingerprint density at radius 3 is 2.45 bits per heavy atom. The van der Waals surface area contributed by atoms with Gasteiger partial charge >= 0.3 is 0 Å². The maximum atomic E-state index is 5.77. The minimum atomic E-state index is -0.658. The average Bonchev–Trinajstić information content (AvgIpc) is 2.58. The number of ether oxygens (including phenoxy) is 5. The molecule has 0 N–H and O–H groups in total. The number of methoxy groups -OCH3 is 3. The summed E-state index contributed by atoms with van der Waals surface area (Å²) in [6.45, 7) is 5.39. The Morgan fingerprint density at radius 2 is 1.85 bits per heavy atom. The highest BCUT2D eigenvalue weighted by Crippen LogP contribution is 2.45. The van der Waals surface area contributed by atoms with Gasteiger partial charge in [0.05, 0.1) is 19.8 Å². The monoisotopic (exact) mass is 284 g/mol. The van der Waals surface area contributed by atoms with Gasteiger partial charge in [0.25, 0.3) is 0 Å². The predicted molar refractivity (Wildman–Crippen MR) is 74.3 cm³/mol. The molecular weight excluding hydrogens is 260 g/mol. The lowest BCUT2D eigenvalue weighted by atomic mass is 9.77. The van der Waals surface area contributed by atoms with Gasteiger partial charge in [-0.1, -0.05) is 6.08 Å². The first-order valence-electron chi connectivity index (χ1n) is 6.77. The molecule has 0 amide bonds. The van der Waals surface area contributed by atoms with Crippen molar-refractivity contribution in [3.05, 3.63) is 22.8 Å². The van der Waals surface area contributed by atoms with E-state index in [2.05, 4.69) is 6.08 Å². The second-order valence-electron chi connectivity index (χ2n) is 5.46. The van der Waals surface area contributed by atoms with Gasteiger partial charge < -0.3 is 23.7 Å². The molecule has 1 heterocycles. The molecule has 0 saturated heterocycles. The van der Waals surface area contributed by atoms with Gasteiger partial charge in [-0.2, -0.15) is 0 Å². The molecule has 0 unspecified atom stereocenters. The van der Waals surface area contributed by atoms with E-state index in [9.17, 15) is 0 Å². The molecule has 5 heteroatoms. The van der Waals surface area contributed by atoms with Gasteiger partial charge in [0.1, 0.15) is 0 Å². The van der Waals surface area contributed by atoms with Crippen molar-refractivity contribution in [1.29, 1.82) is 0 Å². The van der Waals surface area contributed by atoms with Gasteiger partial charge in [-0.05, 0) is 25.0 Å². The fraction of sp³-hybridized carbons (Fsp3) is 0.733. The van der Waals surface area contributed by atoms with Crippen LogP contribution in [0.25, 0.3) is 0 Å². The molecule has 0 saturated carbocycles. The molecule has 1 aliphatic carbocycles. The third kappa shape index (κ3) is 2.82. The second-order valence-corrected chi connectivity index (χ2v) is 5.46. The Morgan fingerprint density at radius 1 is 1.15 bits per heavy atom. The molecule has 2 rings (SSSR count). The molecule has 20 heavy (non-hydrogen) atoms. The average molecular weight is 284 g/mol. The highest BCUT2D eigenvalue weighted by Gasteiger charge is 2.47. The molecule has 1 aliphatic heterocycles. The summed E-state index contributed by atoms with van der Waals surface area (Å²) in [6, 6.07) is 0. The zero-order valence-electron chi connectivity index (χ0n) is 12.9. The zero-order valence-corrected chi connectivity index (χ0v) is 12.9. The third-order valence-electron chi connectivity index (χ3n) is 3.91. The fourth-order valence-corrected chi connectivity index (χ4v) is 2.60. The van der Waals surface area contributed by atoms with Crippen molar-refractivity contribution in [2.45, 2.75) is 31.8 Å². The van der Waals surface area contributed by atoms with E-state index in [1.54, 1.807) is 21.3 Å². The van der Waals surface area contributed by atoms with Gasteiger partial charge in [0.15, 0.2) is 11.6 Å². The van der Waals surface area contributed by atoms with Gasteiger partial charge in [-0.3, -0.25) is 0 Å². The molecule has 0 spiro atoms. The summed E-state index contributed by atoms with van der Waals surface area (Å²) < 4.78 is 27.7. The van der Waals surface area contributed by atoms with E-state index in [0.29, 0.717) is 26.2 Å². The summed E-state index contributed by atoms with van der Waals surface area (Å²) in [5.74, 6) is -1.21. The lowest BCUT2D eigenvalue weighted by Gasteiger charge is -2.44. The summed E-state index contributed by atoms with van der Waals surface area (Å²) in [4.78, 5) is 0. The van der Waals surface area contributed by atoms with E-state index in [-0.39, 0.29) is 0 Å². The summed E-state index contributed by atoms with van der Waals surface area (Å²) in [5, 5.41) is 0. The van der Waals surface area contributed by atoms with Crippen LogP contribution in [0.3, 0.4) is 0 Å². The normalized spacial score (nSPS) is 24.9. The third-order valence-corrected chi connectivity index (χ3v) is 3.91. The first-order valence-corrected chi connectivity index (χ1v) is 6.77. The Labute approximate surface area is 120 Å². The van der Waals surface area contributed by atoms with Crippen molar-refractivity contribution in [1.82, 2.24) is 0 Å². The molecule has 0 atom stereocenters. The standard InChI is InChI=1S/C15H24O5/c1-14(2)19-7-6-11(9-20-14)12-8-15(17-4,18-5)13(12)10-16-3/h6H,7-10H2,1-5H3. The van der Waals surface area contributed by atoms with Crippen LogP contribution in [0.5, 0.6) is 0 Å². The highest BCUT2D eigenvalue weighted by atomic mass is 16.7. The first-order chi connectivity index (χ1) is 9.48. The predicted octanol–water partition coefficient (Wildman–Crippen LogP) is 2.03. The minimum Gasteiger partial charge on any atom is -0.380 e. The minimum absolute atomic E-state index is 0.485. The molecule has 0 fully saturated rings. The molecule has 0 aromatic heterocycles. The number of hydrogen-bond acceptors (Lipinski definition) is 5. The Bertz CT molecular complexity index is 418. The van der Waals surface area contributed by atoms with Gasteiger partial charge in [0.2, 0.25) is 0 Å². The van der Waals surface area contributed by atoms with Gasteiger partial charge in [0, 0.05) is 33.3 Å². The zero-order chi connectivity index (χ0) is 14.8. The van der Waals surface area contributed by atoms with E-state index in [1.807, 2.05) is 13.8 Å². The van der Waals surface area contributed by atoms with Crippen LogP contribution in [0.4, 0.5) is 0 Å². The van der Waals surface area contributed by atoms with Crippen LogP contribution in [0, 0.1) is 0 Å². The topological polar surface area (TPSA) is 46.2 Å². The summed E-state index contributed by atoms with van der Waals surface area (Å²) in [7, 11) is 4.98. The molecule has 114 valence electrons. The molecule has 0 aromatic rings. The maximum Gasteiger partial charge on any atom is 0.197 e. The van der Waals surface area contributed by atoms with Crippen molar-refractivity contribution in [2.24, 2.45) is 0 Å². The van der Waals surface area contributed by atoms with Crippen molar-refractivity contribution >= 4 is 0 Å². The SMILES string of the molecule is COCC1=C(C2=CCOC(C)(C)OC2)CC1(OC)OC. The highest BCUT2D eigenvalue weighted by molar-refractivity contribution is 5.48. The molecule has 0 bridgehead atoms. The van der Waals surface area contributed by atoms with Crippen molar-refractivity contribution in [2.75, 3.05) is 41.2 Å². The second kappa shape index (κ2) is 5.95. The van der Waals surface area contributed by atoms with Crippen LogP contribution in [0.1, 0.15) is 20.3 Å². The van der Waals surface area contributed by atoms with E-state index >= 15 is 0 Å². The van der Waals surface area contributed by atoms with E-state index in [0.717, 1.165) is 11.1 Å². The summed E-state index contributed by atoms with van der Waals surface area (Å²) >= 11 is 0. The smallest absolute Gasteiger partial charge is 0.197 e. The quantitative estimate of drug-likeness (QED) is 0.723. The van der Waals surface area contributed by atoms with Crippen molar-refractivity contribution < 1.29 is 23.7 Å². The molecule has 0 radical (unpaired) electrons. The molecule has 2 aliphatic rings. The molecular formula is C15H24O5. The van der Waals surface area contributed by atoms with Crippen molar-refractivity contribution in [3.8, 4) is 0 Å².